The van der Waals surface area contributed by atoms with Crippen molar-refractivity contribution >= 4 is 10.3 Å². The first-order valence-corrected chi connectivity index (χ1v) is 4.42. The van der Waals surface area contributed by atoms with Crippen molar-refractivity contribution in [3.8, 4) is 0 Å². The third-order valence-corrected chi connectivity index (χ3v) is 1.35. The van der Waals surface area contributed by atoms with Crippen LogP contribution in [0.25, 0.3) is 0 Å². The Morgan fingerprint density at radius 1 is 1.33 bits per heavy atom. The number of halogens is 3. The largest absolute Gasteiger partial charge is 0.389 e. The summed E-state index contributed by atoms with van der Waals surface area (Å²) in [6.07, 6.45) is -5.79. The molecule has 2 N–H and O–H groups in total. The van der Waals surface area contributed by atoms with Crippen LogP contribution in [0.3, 0.4) is 0 Å². The van der Waals surface area contributed by atoms with Crippen LogP contribution in [-0.2, 0) is 14.5 Å². The smallest absolute Gasteiger partial charge is 0.258 e. The molecule has 0 unspecified atom stereocenters. The Bertz CT molecular complexity index is 222. The average Bonchev–Trinajstić information content (AvgIpc) is 1.76. The third kappa shape index (κ3) is 9.66. The molecule has 4 nitrogen and oxygen atoms in total. The molecule has 8 heteroatoms. The van der Waals surface area contributed by atoms with Crippen molar-refractivity contribution in [1.29, 1.82) is 0 Å². The van der Waals surface area contributed by atoms with E-state index < -0.39 is 35.9 Å². The number of alkyl halides is 3. The second-order valence-electron chi connectivity index (χ2n) is 2.03. The molecule has 0 saturated carbocycles. The molecule has 0 aromatic rings. The third-order valence-electron chi connectivity index (χ3n) is 0.852. The van der Waals surface area contributed by atoms with Crippen molar-refractivity contribution in [1.82, 2.24) is 0 Å². The normalized spacial score (nSPS) is 13.3. The number of hydrogen-bond acceptors (Lipinski definition) is 3. The van der Waals surface area contributed by atoms with Crippen LogP contribution in [0.5, 0.6) is 0 Å². The van der Waals surface area contributed by atoms with E-state index in [1.807, 2.05) is 0 Å². The van der Waals surface area contributed by atoms with Crippen molar-refractivity contribution in [2.45, 2.75) is 19.0 Å². The van der Waals surface area contributed by atoms with E-state index in [9.17, 15) is 21.6 Å². The van der Waals surface area contributed by atoms with Gasteiger partial charge in [0.1, 0.15) is 0 Å². The van der Waals surface area contributed by atoms with Crippen molar-refractivity contribution in [2.75, 3.05) is 6.61 Å². The summed E-state index contributed by atoms with van der Waals surface area (Å²) in [7, 11) is -4.11. The lowest BCUT2D eigenvalue weighted by atomic mass is 10.3. The van der Waals surface area contributed by atoms with E-state index in [1.165, 1.54) is 0 Å². The highest BCUT2D eigenvalue weighted by Gasteiger charge is 2.26. The Balaban J connectivity index is 3.48. The van der Waals surface area contributed by atoms with Crippen LogP contribution in [0.4, 0.5) is 13.2 Å². The van der Waals surface area contributed by atoms with Gasteiger partial charge in [0.2, 0.25) is 0 Å². The monoisotopic (exact) mass is 207 g/mol. The van der Waals surface area contributed by atoms with Gasteiger partial charge in [0.25, 0.3) is 0 Å². The van der Waals surface area contributed by atoms with Crippen LogP contribution in [0.1, 0.15) is 12.8 Å². The lowest BCUT2D eigenvalue weighted by Crippen LogP contribution is -2.17. The minimum absolute atomic E-state index is 0.417. The second kappa shape index (κ2) is 4.06. The molecule has 0 rings (SSSR count). The van der Waals surface area contributed by atoms with Gasteiger partial charge in [-0.25, -0.2) is 5.14 Å². The molecule has 0 radical (unpaired) electrons. The van der Waals surface area contributed by atoms with E-state index in [1.54, 1.807) is 0 Å². The van der Waals surface area contributed by atoms with Crippen molar-refractivity contribution < 1.29 is 25.8 Å². The zero-order valence-electron chi connectivity index (χ0n) is 5.97. The van der Waals surface area contributed by atoms with Crippen LogP contribution in [-0.4, -0.2) is 21.2 Å². The fourth-order valence-electron chi connectivity index (χ4n) is 0.448. The molecule has 0 atom stereocenters. The number of nitrogens with two attached hydrogens (primary N) is 1. The Morgan fingerprint density at radius 2 is 1.83 bits per heavy atom. The zero-order chi connectivity index (χ0) is 9.83. The summed E-state index contributed by atoms with van der Waals surface area (Å²) < 4.78 is 58.3. The van der Waals surface area contributed by atoms with Gasteiger partial charge < -0.3 is 0 Å². The van der Waals surface area contributed by atoms with E-state index in [0.29, 0.717) is 0 Å². The maximum Gasteiger partial charge on any atom is 0.389 e. The molecule has 0 heterocycles. The first kappa shape index (κ1) is 11.7. The lowest BCUT2D eigenvalue weighted by Gasteiger charge is -2.04. The van der Waals surface area contributed by atoms with Crippen LogP contribution in [0.15, 0.2) is 0 Å². The molecular formula is C4H8F3NO3S. The van der Waals surface area contributed by atoms with Crippen molar-refractivity contribution in [2.24, 2.45) is 5.14 Å². The molecule has 12 heavy (non-hydrogen) atoms. The van der Waals surface area contributed by atoms with Crippen molar-refractivity contribution in [3.63, 3.8) is 0 Å². The topological polar surface area (TPSA) is 69.4 Å². The molecule has 0 spiro atoms. The maximum absolute atomic E-state index is 11.4. The molecule has 74 valence electrons. The molecule has 0 aromatic carbocycles. The highest BCUT2D eigenvalue weighted by molar-refractivity contribution is 7.84. The van der Waals surface area contributed by atoms with Crippen LogP contribution in [0.2, 0.25) is 0 Å². The van der Waals surface area contributed by atoms with Gasteiger partial charge in [-0.3, -0.25) is 4.18 Å². The average molecular weight is 207 g/mol. The fourth-order valence-corrected chi connectivity index (χ4v) is 0.798. The van der Waals surface area contributed by atoms with E-state index in [4.69, 9.17) is 0 Å². The zero-order valence-corrected chi connectivity index (χ0v) is 6.78. The van der Waals surface area contributed by atoms with E-state index in [-0.39, 0.29) is 0 Å². The minimum atomic E-state index is -4.29. The number of rotatable bonds is 4. The number of hydrogen-bond donors (Lipinski definition) is 1. The van der Waals surface area contributed by atoms with E-state index in [2.05, 4.69) is 9.32 Å². The predicted molar refractivity (Wildman–Crippen MR) is 34.3 cm³/mol. The van der Waals surface area contributed by atoms with Gasteiger partial charge in [0, 0.05) is 6.42 Å². The molecule has 0 fully saturated rings. The van der Waals surface area contributed by atoms with Gasteiger partial charge in [-0.05, 0) is 6.42 Å². The Labute approximate surface area is 67.8 Å². The van der Waals surface area contributed by atoms with E-state index in [0.717, 1.165) is 0 Å². The van der Waals surface area contributed by atoms with Gasteiger partial charge in [-0.15, -0.1) is 0 Å². The first-order valence-electron chi connectivity index (χ1n) is 2.94. The van der Waals surface area contributed by atoms with Gasteiger partial charge in [0.15, 0.2) is 0 Å². The Morgan fingerprint density at radius 3 is 2.17 bits per heavy atom. The van der Waals surface area contributed by atoms with Gasteiger partial charge >= 0.3 is 16.5 Å². The molecule has 0 saturated heterocycles. The molecular weight excluding hydrogens is 199 g/mol. The van der Waals surface area contributed by atoms with Crippen LogP contribution in [0, 0.1) is 0 Å². The summed E-state index contributed by atoms with van der Waals surface area (Å²) in [4.78, 5) is 0. The quantitative estimate of drug-likeness (QED) is 0.684. The summed E-state index contributed by atoms with van der Waals surface area (Å²) in [5, 5.41) is 4.35. The maximum atomic E-state index is 11.4. The summed E-state index contributed by atoms with van der Waals surface area (Å²) in [5.41, 5.74) is 0. The molecule has 0 aliphatic rings. The molecule has 0 bridgehead atoms. The molecule has 0 amide bonds. The highest BCUT2D eigenvalue weighted by atomic mass is 32.2. The first-order chi connectivity index (χ1) is 5.21. The molecule has 0 aromatic heterocycles. The SMILES string of the molecule is NS(=O)(=O)OCCCC(F)(F)F. The summed E-state index contributed by atoms with van der Waals surface area (Å²) in [6, 6.07) is 0. The lowest BCUT2D eigenvalue weighted by molar-refractivity contribution is -0.136. The fraction of sp³-hybridized carbons (Fsp3) is 1.00. The van der Waals surface area contributed by atoms with Crippen LogP contribution >= 0.6 is 0 Å². The Kier molecular flexibility index (Phi) is 3.94. The molecule has 0 aliphatic heterocycles. The minimum Gasteiger partial charge on any atom is -0.258 e. The molecule has 0 aliphatic carbocycles. The van der Waals surface area contributed by atoms with E-state index >= 15 is 0 Å². The standard InChI is InChI=1S/C4H8F3NO3S/c5-4(6,7)2-1-3-11-12(8,9)10/h1-3H2,(H2,8,9,10). The van der Waals surface area contributed by atoms with Gasteiger partial charge in [-0.2, -0.15) is 21.6 Å². The predicted octanol–water partition coefficient (Wildman–Crippen LogP) is 0.549. The van der Waals surface area contributed by atoms with Gasteiger partial charge in [-0.1, -0.05) is 0 Å². The summed E-state index contributed by atoms with van der Waals surface area (Å²) >= 11 is 0. The highest BCUT2D eigenvalue weighted by Crippen LogP contribution is 2.20. The Hall–Kier alpha value is -0.340. The second-order valence-corrected chi connectivity index (χ2v) is 3.25. The summed E-state index contributed by atoms with van der Waals surface area (Å²) in [6.45, 7) is -0.543. The van der Waals surface area contributed by atoms with Crippen LogP contribution < -0.4 is 5.14 Å². The van der Waals surface area contributed by atoms with Gasteiger partial charge in [0.05, 0.1) is 6.61 Å². The van der Waals surface area contributed by atoms with Crippen molar-refractivity contribution in [3.05, 3.63) is 0 Å². The summed E-state index contributed by atoms with van der Waals surface area (Å²) in [5.74, 6) is 0.